The molecule has 17 heteroatoms. The number of nitrogens with one attached hydrogen (secondary N) is 2. The molecule has 1 aliphatic heterocycles. The SMILES string of the molecule is COC(=O)N[C@H](C(=O)NN(Cc1ccccc1)C[C@@H]1OC(C)(C)N(C(=O)OC(C)(C)C)[C@H]1Cc1ccc(OS(=O)(=O)C(F)(F)F)cc1)C(C)(C)C. The van der Waals surface area contributed by atoms with Crippen molar-refractivity contribution in [1.82, 2.24) is 20.7 Å². The summed E-state index contributed by atoms with van der Waals surface area (Å²) in [5.74, 6) is -1.09. The van der Waals surface area contributed by atoms with E-state index >= 15 is 0 Å². The van der Waals surface area contributed by atoms with Gasteiger partial charge in [-0.1, -0.05) is 63.2 Å². The maximum absolute atomic E-state index is 13.8. The van der Waals surface area contributed by atoms with Gasteiger partial charge in [0, 0.05) is 13.1 Å². The maximum Gasteiger partial charge on any atom is 0.534 e. The number of alkyl halides is 3. The maximum atomic E-state index is 13.8. The Morgan fingerprint density at radius 3 is 2.06 bits per heavy atom. The topological polar surface area (TPSA) is 153 Å². The average Bonchev–Trinajstić information content (AvgIpc) is 3.23. The molecule has 3 amide bonds. The Labute approximate surface area is 296 Å². The average molecular weight is 745 g/mol. The van der Waals surface area contributed by atoms with E-state index in [-0.39, 0.29) is 19.5 Å². The summed E-state index contributed by atoms with van der Waals surface area (Å²) in [6.45, 7) is 14.0. The van der Waals surface area contributed by atoms with E-state index in [1.165, 1.54) is 24.1 Å². The Morgan fingerprint density at radius 2 is 1.55 bits per heavy atom. The molecule has 1 heterocycles. The summed E-state index contributed by atoms with van der Waals surface area (Å²) in [7, 11) is -4.69. The number of hydrazine groups is 1. The van der Waals surface area contributed by atoms with Gasteiger partial charge in [-0.3, -0.25) is 15.1 Å². The summed E-state index contributed by atoms with van der Waals surface area (Å²) in [6, 6.07) is 12.4. The number of rotatable bonds is 11. The van der Waals surface area contributed by atoms with E-state index in [0.717, 1.165) is 17.7 Å². The Kier molecular flexibility index (Phi) is 12.7. The number of carbonyl (C=O) groups is 3. The molecular formula is C34H47F3N4O9S. The molecule has 0 saturated carbocycles. The lowest BCUT2D eigenvalue weighted by molar-refractivity contribution is -0.132. The molecule has 284 valence electrons. The van der Waals surface area contributed by atoms with Gasteiger partial charge < -0.3 is 23.7 Å². The van der Waals surface area contributed by atoms with Crippen LogP contribution in [0.25, 0.3) is 0 Å². The number of methoxy groups -OCH3 is 1. The van der Waals surface area contributed by atoms with Crippen LogP contribution in [-0.2, 0) is 42.1 Å². The molecule has 0 unspecified atom stereocenters. The van der Waals surface area contributed by atoms with Crippen molar-refractivity contribution in [2.24, 2.45) is 5.41 Å². The van der Waals surface area contributed by atoms with Gasteiger partial charge in [0.2, 0.25) is 0 Å². The number of ether oxygens (including phenoxy) is 3. The van der Waals surface area contributed by atoms with Crippen molar-refractivity contribution in [2.75, 3.05) is 13.7 Å². The normalized spacial score (nSPS) is 18.6. The fourth-order valence-electron chi connectivity index (χ4n) is 5.46. The number of hydrogen-bond acceptors (Lipinski definition) is 10. The molecule has 0 aromatic heterocycles. The molecule has 3 rings (SSSR count). The molecule has 1 aliphatic rings. The molecule has 0 aliphatic carbocycles. The molecule has 0 radical (unpaired) electrons. The summed E-state index contributed by atoms with van der Waals surface area (Å²) in [4.78, 5) is 41.1. The summed E-state index contributed by atoms with van der Waals surface area (Å²) in [5.41, 5.74) is -4.20. The number of carbonyl (C=O) groups excluding carboxylic acids is 3. The first-order valence-electron chi connectivity index (χ1n) is 16.1. The highest BCUT2D eigenvalue weighted by atomic mass is 32.2. The van der Waals surface area contributed by atoms with Gasteiger partial charge in [-0.2, -0.15) is 21.6 Å². The Hall–Kier alpha value is -4.09. The molecule has 1 saturated heterocycles. The van der Waals surface area contributed by atoms with Crippen LogP contribution in [0, 0.1) is 5.41 Å². The van der Waals surface area contributed by atoms with Gasteiger partial charge in [-0.05, 0) is 69.7 Å². The molecule has 13 nitrogen and oxygen atoms in total. The van der Waals surface area contributed by atoms with E-state index in [1.54, 1.807) is 60.4 Å². The summed E-state index contributed by atoms with van der Waals surface area (Å²) >= 11 is 0. The molecule has 2 aromatic carbocycles. The molecule has 51 heavy (non-hydrogen) atoms. The van der Waals surface area contributed by atoms with Gasteiger partial charge in [-0.15, -0.1) is 0 Å². The summed E-state index contributed by atoms with van der Waals surface area (Å²) < 4.78 is 82.9. The van der Waals surface area contributed by atoms with Crippen molar-refractivity contribution in [3.63, 3.8) is 0 Å². The van der Waals surface area contributed by atoms with Crippen LogP contribution in [-0.4, -0.2) is 85.1 Å². The monoisotopic (exact) mass is 744 g/mol. The van der Waals surface area contributed by atoms with Crippen molar-refractivity contribution in [3.8, 4) is 5.75 Å². The second kappa shape index (κ2) is 15.7. The molecule has 1 fully saturated rings. The predicted molar refractivity (Wildman–Crippen MR) is 180 cm³/mol. The predicted octanol–water partition coefficient (Wildman–Crippen LogP) is 5.50. The lowest BCUT2D eigenvalue weighted by atomic mass is 9.86. The van der Waals surface area contributed by atoms with E-state index in [2.05, 4.69) is 14.9 Å². The van der Waals surface area contributed by atoms with Gasteiger partial charge in [0.25, 0.3) is 5.91 Å². The van der Waals surface area contributed by atoms with Gasteiger partial charge in [-0.25, -0.2) is 14.6 Å². The molecule has 0 spiro atoms. The zero-order chi connectivity index (χ0) is 38.6. The second-order valence-corrected chi connectivity index (χ2v) is 16.2. The third-order valence-electron chi connectivity index (χ3n) is 7.69. The van der Waals surface area contributed by atoms with Crippen LogP contribution >= 0.6 is 0 Å². The van der Waals surface area contributed by atoms with Crippen molar-refractivity contribution < 1.29 is 54.4 Å². The molecule has 2 N–H and O–H groups in total. The second-order valence-electron chi connectivity index (χ2n) is 14.6. The summed E-state index contributed by atoms with van der Waals surface area (Å²) in [6.07, 6.45) is -2.19. The number of amides is 3. The Balaban J connectivity index is 2.01. The third kappa shape index (κ3) is 11.5. The van der Waals surface area contributed by atoms with Gasteiger partial charge >= 0.3 is 27.8 Å². The number of alkyl carbamates (subject to hydrolysis) is 1. The van der Waals surface area contributed by atoms with Crippen LogP contribution in [0.1, 0.15) is 66.5 Å². The van der Waals surface area contributed by atoms with Crippen LogP contribution in [0.15, 0.2) is 54.6 Å². The third-order valence-corrected chi connectivity index (χ3v) is 8.67. The van der Waals surface area contributed by atoms with E-state index in [9.17, 15) is 36.0 Å². The largest absolute Gasteiger partial charge is 0.534 e. The standard InChI is InChI=1S/C34H47F3N4O9S/c1-31(2,3)27(38-29(43)47-9)28(42)39-40(20-23-13-11-10-12-14-23)21-26-25(41(33(7,8)48-26)30(44)49-32(4,5)6)19-22-15-17-24(18-16-22)50-51(45,46)34(35,36)37/h10-18,25-27H,19-21H2,1-9H3,(H,38,43)(H,39,42)/t25-,26-,27+/m0/s1. The molecule has 3 atom stereocenters. The molecule has 0 bridgehead atoms. The highest BCUT2D eigenvalue weighted by Gasteiger charge is 2.52. The Bertz CT molecular complexity index is 1630. The highest BCUT2D eigenvalue weighted by molar-refractivity contribution is 7.88. The van der Waals surface area contributed by atoms with Gasteiger partial charge in [0.15, 0.2) is 0 Å². The first-order valence-corrected chi connectivity index (χ1v) is 17.5. The quantitative estimate of drug-likeness (QED) is 0.171. The zero-order valence-corrected chi connectivity index (χ0v) is 31.0. The van der Waals surface area contributed by atoms with Crippen LogP contribution < -0.4 is 14.9 Å². The van der Waals surface area contributed by atoms with Crippen LogP contribution in [0.5, 0.6) is 5.75 Å². The van der Waals surface area contributed by atoms with Crippen LogP contribution in [0.4, 0.5) is 22.8 Å². The number of halogens is 3. The van der Waals surface area contributed by atoms with Crippen molar-refractivity contribution in [3.05, 3.63) is 65.7 Å². The van der Waals surface area contributed by atoms with Crippen molar-refractivity contribution >= 4 is 28.2 Å². The van der Waals surface area contributed by atoms with Gasteiger partial charge in [0.1, 0.15) is 23.1 Å². The number of hydrogen-bond donors (Lipinski definition) is 2. The van der Waals surface area contributed by atoms with Crippen molar-refractivity contribution in [2.45, 2.75) is 103 Å². The minimum absolute atomic E-state index is 0.0220. The lowest BCUT2D eigenvalue weighted by Crippen LogP contribution is -2.58. The van der Waals surface area contributed by atoms with E-state index < -0.39 is 74.4 Å². The first kappa shape index (κ1) is 41.3. The minimum atomic E-state index is -5.88. The van der Waals surface area contributed by atoms with Crippen molar-refractivity contribution in [1.29, 1.82) is 0 Å². The smallest absolute Gasteiger partial charge is 0.453 e. The van der Waals surface area contributed by atoms with E-state index in [4.69, 9.17) is 14.2 Å². The Morgan fingerprint density at radius 1 is 0.961 bits per heavy atom. The number of benzene rings is 2. The fourth-order valence-corrected chi connectivity index (χ4v) is 5.92. The van der Waals surface area contributed by atoms with Crippen LogP contribution in [0.3, 0.4) is 0 Å². The summed E-state index contributed by atoms with van der Waals surface area (Å²) in [5, 5.41) is 4.20. The minimum Gasteiger partial charge on any atom is -0.453 e. The lowest BCUT2D eigenvalue weighted by Gasteiger charge is -2.35. The number of nitrogens with zero attached hydrogens (tertiary/aromatic N) is 2. The molecular weight excluding hydrogens is 697 g/mol. The van der Waals surface area contributed by atoms with Gasteiger partial charge in [0.05, 0.1) is 19.3 Å². The highest BCUT2D eigenvalue weighted by Crippen LogP contribution is 2.36. The van der Waals surface area contributed by atoms with E-state index in [1.807, 2.05) is 30.3 Å². The fraction of sp³-hybridized carbons (Fsp3) is 0.559. The first-order chi connectivity index (χ1) is 23.3. The van der Waals surface area contributed by atoms with E-state index in [0.29, 0.717) is 5.56 Å². The zero-order valence-electron chi connectivity index (χ0n) is 30.2. The van der Waals surface area contributed by atoms with Crippen LogP contribution in [0.2, 0.25) is 0 Å². The molecule has 2 aromatic rings.